The number of carbonyl (C=O) groups excluding carboxylic acids is 2. The molecule has 0 spiro atoms. The van der Waals surface area contributed by atoms with Gasteiger partial charge in [-0.2, -0.15) is 0 Å². The summed E-state index contributed by atoms with van der Waals surface area (Å²) in [5, 5.41) is 3.12. The topological polar surface area (TPSA) is 77.5 Å². The number of rotatable bonds is 7. The van der Waals surface area contributed by atoms with Crippen LogP contribution in [-0.2, 0) is 16.0 Å². The number of hydrogen-bond acceptors (Lipinski definition) is 6. The third-order valence-corrected chi connectivity index (χ3v) is 4.36. The molecule has 24 heavy (non-hydrogen) atoms. The van der Waals surface area contributed by atoms with E-state index < -0.39 is 5.97 Å². The molecule has 7 heteroatoms. The summed E-state index contributed by atoms with van der Waals surface area (Å²) in [6.07, 6.45) is 0.868. The molecule has 1 aromatic heterocycles. The molecule has 1 aromatic carbocycles. The maximum atomic E-state index is 12.1. The number of hydrogen-bond donors (Lipinski definition) is 1. The second-order valence-electron chi connectivity index (χ2n) is 5.01. The van der Waals surface area contributed by atoms with Crippen LogP contribution in [0.4, 0.5) is 5.13 Å². The van der Waals surface area contributed by atoms with Crippen LogP contribution >= 0.6 is 11.3 Å². The first kappa shape index (κ1) is 17.9. The van der Waals surface area contributed by atoms with Crippen LogP contribution in [0.2, 0.25) is 0 Å². The van der Waals surface area contributed by atoms with Gasteiger partial charge in [-0.15, -0.1) is 0 Å². The van der Waals surface area contributed by atoms with Crippen molar-refractivity contribution in [2.24, 2.45) is 0 Å². The first-order valence-corrected chi connectivity index (χ1v) is 8.43. The smallest absolute Gasteiger partial charge is 0.350 e. The second kappa shape index (κ2) is 8.44. The van der Waals surface area contributed by atoms with Gasteiger partial charge < -0.3 is 14.8 Å². The van der Waals surface area contributed by atoms with Gasteiger partial charge in [0.1, 0.15) is 10.6 Å². The van der Waals surface area contributed by atoms with Gasteiger partial charge in [-0.1, -0.05) is 29.5 Å². The van der Waals surface area contributed by atoms with Crippen molar-refractivity contribution in [3.05, 3.63) is 40.4 Å². The highest BCUT2D eigenvalue weighted by atomic mass is 32.1. The number of aromatic nitrogens is 1. The zero-order valence-corrected chi connectivity index (χ0v) is 14.7. The Kier molecular flexibility index (Phi) is 6.31. The van der Waals surface area contributed by atoms with E-state index in [-0.39, 0.29) is 5.91 Å². The van der Waals surface area contributed by atoms with Crippen LogP contribution in [0.3, 0.4) is 0 Å². The van der Waals surface area contributed by atoms with Gasteiger partial charge in [0.05, 0.1) is 19.4 Å². The second-order valence-corrected chi connectivity index (χ2v) is 6.01. The maximum Gasteiger partial charge on any atom is 0.350 e. The minimum absolute atomic E-state index is 0.161. The number of benzene rings is 1. The first-order valence-electron chi connectivity index (χ1n) is 7.61. The van der Waals surface area contributed by atoms with E-state index in [1.165, 1.54) is 7.11 Å². The summed E-state index contributed by atoms with van der Waals surface area (Å²) in [5.41, 5.74) is 1.53. The molecule has 0 unspecified atom stereocenters. The monoisotopic (exact) mass is 348 g/mol. The Labute approximate surface area is 144 Å². The minimum atomic E-state index is -0.448. The average molecular weight is 348 g/mol. The minimum Gasteiger partial charge on any atom is -0.494 e. The van der Waals surface area contributed by atoms with Crippen LogP contribution in [0.15, 0.2) is 24.3 Å². The molecule has 2 aromatic rings. The van der Waals surface area contributed by atoms with Gasteiger partial charge in [-0.3, -0.25) is 4.79 Å². The number of para-hydroxylation sites is 1. The predicted octanol–water partition coefficient (Wildman–Crippen LogP) is 3.21. The van der Waals surface area contributed by atoms with Crippen LogP contribution in [-0.4, -0.2) is 30.6 Å². The fraction of sp³-hybridized carbons (Fsp3) is 0.353. The summed E-state index contributed by atoms with van der Waals surface area (Å²) in [5.74, 6) is 0.188. The van der Waals surface area contributed by atoms with Crippen LogP contribution in [0.5, 0.6) is 5.75 Å². The van der Waals surface area contributed by atoms with Crippen molar-refractivity contribution < 1.29 is 19.1 Å². The quantitative estimate of drug-likeness (QED) is 0.778. The number of nitrogens with zero attached hydrogens (tertiary/aromatic N) is 1. The Hall–Kier alpha value is -2.41. The molecular weight excluding hydrogens is 328 g/mol. The summed E-state index contributed by atoms with van der Waals surface area (Å²) < 4.78 is 10.2. The van der Waals surface area contributed by atoms with Gasteiger partial charge in [0.25, 0.3) is 0 Å². The van der Waals surface area contributed by atoms with E-state index in [9.17, 15) is 9.59 Å². The lowest BCUT2D eigenvalue weighted by atomic mass is 10.1. The number of amides is 1. The molecule has 1 amide bonds. The molecule has 1 N–H and O–H groups in total. The van der Waals surface area contributed by atoms with Crippen molar-refractivity contribution >= 4 is 28.3 Å². The third-order valence-electron chi connectivity index (χ3n) is 3.31. The fourth-order valence-corrected chi connectivity index (χ4v) is 3.07. The third kappa shape index (κ3) is 4.55. The summed E-state index contributed by atoms with van der Waals surface area (Å²) in [4.78, 5) is 28.3. The van der Waals surface area contributed by atoms with Crippen molar-refractivity contribution in [2.45, 2.75) is 26.7 Å². The Morgan fingerprint density at radius 1 is 1.29 bits per heavy atom. The lowest BCUT2D eigenvalue weighted by molar-refractivity contribution is -0.116. The van der Waals surface area contributed by atoms with E-state index in [4.69, 9.17) is 4.74 Å². The van der Waals surface area contributed by atoms with Crippen LogP contribution in [0.1, 0.15) is 34.3 Å². The van der Waals surface area contributed by atoms with Gasteiger partial charge in [0.15, 0.2) is 5.13 Å². The summed E-state index contributed by atoms with van der Waals surface area (Å²) in [7, 11) is 1.32. The Morgan fingerprint density at radius 3 is 2.75 bits per heavy atom. The van der Waals surface area contributed by atoms with Gasteiger partial charge in [0, 0.05) is 6.42 Å². The highest BCUT2D eigenvalue weighted by molar-refractivity contribution is 7.17. The molecule has 128 valence electrons. The molecule has 0 atom stereocenters. The Balaban J connectivity index is 1.96. The summed E-state index contributed by atoms with van der Waals surface area (Å²) in [6.45, 7) is 4.21. The maximum absolute atomic E-state index is 12.1. The zero-order chi connectivity index (χ0) is 17.5. The first-order chi connectivity index (χ1) is 11.5. The molecule has 0 aliphatic carbocycles. The molecule has 2 rings (SSSR count). The molecule has 1 heterocycles. The molecule has 0 bridgehead atoms. The number of methoxy groups -OCH3 is 1. The van der Waals surface area contributed by atoms with E-state index >= 15 is 0 Å². The molecule has 0 fully saturated rings. The number of anilines is 1. The van der Waals surface area contributed by atoms with Crippen molar-refractivity contribution in [1.29, 1.82) is 0 Å². The zero-order valence-electron chi connectivity index (χ0n) is 13.9. The molecule has 0 saturated carbocycles. The van der Waals surface area contributed by atoms with Crippen LogP contribution < -0.4 is 10.1 Å². The van der Waals surface area contributed by atoms with Gasteiger partial charge >= 0.3 is 5.97 Å². The highest BCUT2D eigenvalue weighted by Crippen LogP contribution is 2.24. The average Bonchev–Trinajstić information content (AvgIpc) is 2.94. The lowest BCUT2D eigenvalue weighted by Gasteiger charge is -2.09. The predicted molar refractivity (Wildman–Crippen MR) is 92.8 cm³/mol. The Morgan fingerprint density at radius 2 is 2.04 bits per heavy atom. The van der Waals surface area contributed by atoms with Crippen molar-refractivity contribution in [1.82, 2.24) is 4.98 Å². The summed E-state index contributed by atoms with van der Waals surface area (Å²) >= 11 is 1.11. The van der Waals surface area contributed by atoms with E-state index in [2.05, 4.69) is 15.0 Å². The van der Waals surface area contributed by atoms with Crippen LogP contribution in [0, 0.1) is 6.92 Å². The molecular formula is C17H20N2O4S. The number of thiazole rings is 1. The largest absolute Gasteiger partial charge is 0.494 e. The SMILES string of the molecule is CCOc1ccccc1CCC(=O)Nc1nc(C)c(C(=O)OC)s1. The Bertz CT molecular complexity index is 727. The van der Waals surface area contributed by atoms with Crippen molar-refractivity contribution in [3.8, 4) is 5.75 Å². The van der Waals surface area contributed by atoms with Crippen molar-refractivity contribution in [3.63, 3.8) is 0 Å². The number of carbonyl (C=O) groups is 2. The molecule has 6 nitrogen and oxygen atoms in total. The van der Waals surface area contributed by atoms with Gasteiger partial charge in [-0.05, 0) is 31.9 Å². The van der Waals surface area contributed by atoms with E-state index in [1.807, 2.05) is 31.2 Å². The van der Waals surface area contributed by atoms with E-state index in [0.717, 1.165) is 22.6 Å². The fourth-order valence-electron chi connectivity index (χ4n) is 2.17. The molecule has 0 aliphatic rings. The number of aryl methyl sites for hydroxylation is 2. The summed E-state index contributed by atoms with van der Waals surface area (Å²) in [6, 6.07) is 7.66. The van der Waals surface area contributed by atoms with E-state index in [1.54, 1.807) is 6.92 Å². The van der Waals surface area contributed by atoms with Gasteiger partial charge in [0.2, 0.25) is 5.91 Å². The van der Waals surface area contributed by atoms with Crippen LogP contribution in [0.25, 0.3) is 0 Å². The highest BCUT2D eigenvalue weighted by Gasteiger charge is 2.17. The lowest BCUT2D eigenvalue weighted by Crippen LogP contribution is -2.12. The standard InChI is InChI=1S/C17H20N2O4S/c1-4-23-13-8-6-5-7-12(13)9-10-14(20)19-17-18-11(2)15(24-17)16(21)22-3/h5-8H,4,9-10H2,1-3H3,(H,18,19,20). The normalized spacial score (nSPS) is 10.3. The molecule has 0 radical (unpaired) electrons. The molecule has 0 saturated heterocycles. The number of nitrogens with one attached hydrogen (secondary N) is 1. The van der Waals surface area contributed by atoms with Gasteiger partial charge in [-0.25, -0.2) is 9.78 Å². The number of ether oxygens (including phenoxy) is 2. The van der Waals surface area contributed by atoms with Crippen molar-refractivity contribution in [2.75, 3.05) is 19.0 Å². The van der Waals surface area contributed by atoms with E-state index in [0.29, 0.717) is 35.2 Å². The number of esters is 1. The molecule has 0 aliphatic heterocycles.